The molecule has 5 rings (SSSR count). The van der Waals surface area contributed by atoms with Crippen LogP contribution in [0.1, 0.15) is 50.0 Å². The van der Waals surface area contributed by atoms with Gasteiger partial charge in [0.25, 0.3) is 11.6 Å². The molecule has 3 aromatic carbocycles. The smallest absolute Gasteiger partial charge is 0.291 e. The van der Waals surface area contributed by atoms with Crippen molar-refractivity contribution in [3.05, 3.63) is 120 Å². The zero-order valence-electron chi connectivity index (χ0n) is 19.0. The Kier molecular flexibility index (Phi) is 5.05. The van der Waals surface area contributed by atoms with Crippen LogP contribution in [0.25, 0.3) is 11.0 Å². The molecule has 0 aliphatic carbocycles. The van der Waals surface area contributed by atoms with Crippen molar-refractivity contribution in [3.63, 3.8) is 0 Å². The van der Waals surface area contributed by atoms with Gasteiger partial charge in [-0.2, -0.15) is 0 Å². The first-order chi connectivity index (χ1) is 16.2. The Labute approximate surface area is 195 Å². The summed E-state index contributed by atoms with van der Waals surface area (Å²) in [5, 5.41) is 11.6. The summed E-state index contributed by atoms with van der Waals surface area (Å²) in [6.07, 6.45) is 0. The fourth-order valence-corrected chi connectivity index (χ4v) is 4.45. The average Bonchev–Trinajstić information content (AvgIpc) is 3.08. The average molecular weight is 454 g/mol. The topological polar surface area (TPSA) is 93.7 Å². The van der Waals surface area contributed by atoms with Crippen LogP contribution in [-0.4, -0.2) is 15.7 Å². The highest BCUT2D eigenvalue weighted by Gasteiger charge is 2.42. The summed E-state index contributed by atoms with van der Waals surface area (Å²) in [7, 11) is 0. The number of nitro benzene ring substituents is 1. The molecule has 1 aromatic heterocycles. The third kappa shape index (κ3) is 3.46. The molecule has 0 saturated heterocycles. The van der Waals surface area contributed by atoms with Crippen molar-refractivity contribution in [3.8, 4) is 0 Å². The Hall–Kier alpha value is -4.26. The molecular formula is C27H22N2O5. The number of carbonyl (C=O) groups excluding carboxylic acids is 1. The summed E-state index contributed by atoms with van der Waals surface area (Å²) in [6, 6.07) is 16.6. The Balaban J connectivity index is 1.71. The van der Waals surface area contributed by atoms with E-state index in [0.717, 1.165) is 22.3 Å². The summed E-state index contributed by atoms with van der Waals surface area (Å²) < 4.78 is 6.03. The number of benzene rings is 3. The van der Waals surface area contributed by atoms with Gasteiger partial charge in [0.15, 0.2) is 5.43 Å². The van der Waals surface area contributed by atoms with Gasteiger partial charge in [0, 0.05) is 18.7 Å². The maximum Gasteiger partial charge on any atom is 0.291 e. The van der Waals surface area contributed by atoms with Gasteiger partial charge in [-0.05, 0) is 67.3 Å². The third-order valence-corrected chi connectivity index (χ3v) is 6.48. The second-order valence-electron chi connectivity index (χ2n) is 8.78. The molecule has 7 nitrogen and oxygen atoms in total. The summed E-state index contributed by atoms with van der Waals surface area (Å²) in [5.74, 6) is -0.354. The molecule has 1 atom stereocenters. The first kappa shape index (κ1) is 21.6. The normalized spacial score (nSPS) is 15.1. The van der Waals surface area contributed by atoms with Gasteiger partial charge in [0.2, 0.25) is 5.76 Å². The monoisotopic (exact) mass is 454 g/mol. The van der Waals surface area contributed by atoms with Gasteiger partial charge in [0.1, 0.15) is 5.58 Å². The largest absolute Gasteiger partial charge is 0.450 e. The van der Waals surface area contributed by atoms with Gasteiger partial charge < -0.3 is 9.32 Å². The van der Waals surface area contributed by atoms with Crippen LogP contribution in [0.3, 0.4) is 0 Å². The van der Waals surface area contributed by atoms with E-state index in [1.54, 1.807) is 29.2 Å². The van der Waals surface area contributed by atoms with Crippen LogP contribution in [0.15, 0.2) is 69.9 Å². The Bertz CT molecular complexity index is 1520. The lowest BCUT2D eigenvalue weighted by Gasteiger charge is -2.25. The Morgan fingerprint density at radius 3 is 2.24 bits per heavy atom. The van der Waals surface area contributed by atoms with E-state index in [1.807, 2.05) is 45.0 Å². The number of hydrogen-bond acceptors (Lipinski definition) is 5. The molecule has 34 heavy (non-hydrogen) atoms. The number of non-ortho nitro benzene ring substituents is 1. The highest BCUT2D eigenvalue weighted by molar-refractivity contribution is 5.99. The van der Waals surface area contributed by atoms with Crippen LogP contribution in [-0.2, 0) is 6.54 Å². The number of fused-ring (bicyclic) bond motifs is 2. The Morgan fingerprint density at radius 1 is 0.941 bits per heavy atom. The standard InChI is InChI=1S/C27H22N2O5/c1-15-4-6-18(7-5-15)14-28-24(19-8-10-20(11-9-19)29(32)33)23-25(30)21-12-16(2)17(3)13-22(21)34-26(23)27(28)31/h4-13,24H,14H2,1-3H3. The number of carbonyl (C=O) groups is 1. The van der Waals surface area contributed by atoms with E-state index in [9.17, 15) is 19.7 Å². The zero-order chi connectivity index (χ0) is 24.1. The zero-order valence-corrected chi connectivity index (χ0v) is 19.0. The molecule has 0 radical (unpaired) electrons. The first-order valence-corrected chi connectivity index (χ1v) is 10.9. The molecule has 4 aromatic rings. The lowest BCUT2D eigenvalue weighted by atomic mass is 9.97. The highest BCUT2D eigenvalue weighted by atomic mass is 16.6. The van der Waals surface area contributed by atoms with Crippen molar-refractivity contribution in [2.24, 2.45) is 0 Å². The van der Waals surface area contributed by atoms with Crippen LogP contribution >= 0.6 is 0 Å². The molecule has 0 saturated carbocycles. The van der Waals surface area contributed by atoms with Crippen LogP contribution in [0.4, 0.5) is 5.69 Å². The number of nitro groups is 1. The van der Waals surface area contributed by atoms with E-state index in [0.29, 0.717) is 16.5 Å². The minimum Gasteiger partial charge on any atom is -0.450 e. The molecule has 0 N–H and O–H groups in total. The number of hydrogen-bond donors (Lipinski definition) is 0. The van der Waals surface area contributed by atoms with Crippen LogP contribution < -0.4 is 5.43 Å². The lowest BCUT2D eigenvalue weighted by molar-refractivity contribution is -0.384. The maximum absolute atomic E-state index is 13.7. The van der Waals surface area contributed by atoms with Gasteiger partial charge in [-0.15, -0.1) is 0 Å². The van der Waals surface area contributed by atoms with Crippen molar-refractivity contribution in [2.75, 3.05) is 0 Å². The highest BCUT2D eigenvalue weighted by Crippen LogP contribution is 2.39. The molecule has 0 bridgehead atoms. The molecule has 1 unspecified atom stereocenters. The summed E-state index contributed by atoms with van der Waals surface area (Å²) >= 11 is 0. The number of rotatable bonds is 4. The van der Waals surface area contributed by atoms with Crippen LogP contribution in [0.2, 0.25) is 0 Å². The number of amides is 1. The Morgan fingerprint density at radius 2 is 1.59 bits per heavy atom. The third-order valence-electron chi connectivity index (χ3n) is 6.48. The first-order valence-electron chi connectivity index (χ1n) is 10.9. The number of nitrogens with zero attached hydrogens (tertiary/aromatic N) is 2. The van der Waals surface area contributed by atoms with Crippen molar-refractivity contribution >= 4 is 22.6 Å². The molecule has 0 spiro atoms. The summed E-state index contributed by atoms with van der Waals surface area (Å²) in [5.41, 5.74) is 4.85. The fourth-order valence-electron chi connectivity index (χ4n) is 4.45. The molecule has 0 fully saturated rings. The molecule has 2 heterocycles. The van der Waals surface area contributed by atoms with Gasteiger partial charge in [-0.3, -0.25) is 19.7 Å². The molecule has 1 amide bonds. The van der Waals surface area contributed by atoms with E-state index < -0.39 is 11.0 Å². The minimum absolute atomic E-state index is 0.0243. The molecule has 1 aliphatic rings. The second kappa shape index (κ2) is 7.95. The van der Waals surface area contributed by atoms with Crippen molar-refractivity contribution in [1.82, 2.24) is 4.90 Å². The van der Waals surface area contributed by atoms with Gasteiger partial charge in [-0.25, -0.2) is 0 Å². The lowest BCUT2D eigenvalue weighted by Crippen LogP contribution is -2.29. The predicted molar refractivity (Wildman–Crippen MR) is 128 cm³/mol. The minimum atomic E-state index is -0.716. The predicted octanol–water partition coefficient (Wildman–Crippen LogP) is 5.37. The second-order valence-corrected chi connectivity index (χ2v) is 8.78. The van der Waals surface area contributed by atoms with E-state index in [1.165, 1.54) is 12.1 Å². The molecule has 7 heteroatoms. The van der Waals surface area contributed by atoms with E-state index in [2.05, 4.69) is 0 Å². The summed E-state index contributed by atoms with van der Waals surface area (Å²) in [4.78, 5) is 39.5. The van der Waals surface area contributed by atoms with Crippen molar-refractivity contribution < 1.29 is 14.1 Å². The van der Waals surface area contributed by atoms with Crippen molar-refractivity contribution in [2.45, 2.75) is 33.4 Å². The number of aryl methyl sites for hydroxylation is 3. The molecule has 170 valence electrons. The quantitative estimate of drug-likeness (QED) is 0.305. The fraction of sp³-hybridized carbons (Fsp3) is 0.185. The van der Waals surface area contributed by atoms with Crippen molar-refractivity contribution in [1.29, 1.82) is 0 Å². The van der Waals surface area contributed by atoms with Gasteiger partial charge >= 0.3 is 0 Å². The van der Waals surface area contributed by atoms with Gasteiger partial charge in [-0.1, -0.05) is 29.8 Å². The van der Waals surface area contributed by atoms with E-state index >= 15 is 0 Å². The SMILES string of the molecule is Cc1ccc(CN2C(=O)c3oc4cc(C)c(C)cc4c(=O)c3C2c2ccc([N+](=O)[O-])cc2)cc1. The van der Waals surface area contributed by atoms with E-state index in [4.69, 9.17) is 4.42 Å². The summed E-state index contributed by atoms with van der Waals surface area (Å²) in [6.45, 7) is 6.09. The molecular weight excluding hydrogens is 432 g/mol. The van der Waals surface area contributed by atoms with Crippen LogP contribution in [0, 0.1) is 30.9 Å². The van der Waals surface area contributed by atoms with Crippen LogP contribution in [0.5, 0.6) is 0 Å². The molecule has 1 aliphatic heterocycles. The van der Waals surface area contributed by atoms with E-state index in [-0.39, 0.29) is 34.9 Å². The maximum atomic E-state index is 13.7. The van der Waals surface area contributed by atoms with Gasteiger partial charge in [0.05, 0.1) is 21.9 Å².